The third-order valence-electron chi connectivity index (χ3n) is 3.48. The highest BCUT2D eigenvalue weighted by atomic mass is 16.3. The number of hydrogen-bond donors (Lipinski definition) is 1. The van der Waals surface area contributed by atoms with Gasteiger partial charge in [0, 0.05) is 5.92 Å². The average molecular weight is 198 g/mol. The summed E-state index contributed by atoms with van der Waals surface area (Å²) in [5.41, 5.74) is -0.537. The van der Waals surface area contributed by atoms with E-state index in [0.29, 0.717) is 6.42 Å². The Morgan fingerprint density at radius 2 is 1.93 bits per heavy atom. The highest BCUT2D eigenvalue weighted by molar-refractivity contribution is 5.78. The van der Waals surface area contributed by atoms with Gasteiger partial charge in [-0.3, -0.25) is 4.79 Å². The lowest BCUT2D eigenvalue weighted by Crippen LogP contribution is -2.35. The van der Waals surface area contributed by atoms with Crippen molar-refractivity contribution in [3.8, 4) is 0 Å². The molecule has 0 saturated heterocycles. The molecule has 2 nitrogen and oxygen atoms in total. The van der Waals surface area contributed by atoms with Crippen molar-refractivity contribution in [2.24, 2.45) is 5.92 Å². The first-order chi connectivity index (χ1) is 6.57. The minimum absolute atomic E-state index is 0.0677. The summed E-state index contributed by atoms with van der Waals surface area (Å²) in [5, 5.41) is 10.3. The van der Waals surface area contributed by atoms with Crippen LogP contribution in [0.15, 0.2) is 0 Å². The van der Waals surface area contributed by atoms with Crippen molar-refractivity contribution in [2.45, 2.75) is 64.4 Å². The number of ketones is 1. The molecule has 0 amide bonds. The number of carbonyl (C=O) groups excluding carboxylic acids is 1. The molecule has 82 valence electrons. The van der Waals surface area contributed by atoms with Gasteiger partial charge in [-0.1, -0.05) is 26.2 Å². The summed E-state index contributed by atoms with van der Waals surface area (Å²) in [7, 11) is 0. The van der Waals surface area contributed by atoms with Crippen LogP contribution in [-0.2, 0) is 4.79 Å². The molecule has 0 radical (unpaired) electrons. The van der Waals surface area contributed by atoms with Crippen LogP contribution < -0.4 is 0 Å². The van der Waals surface area contributed by atoms with Gasteiger partial charge < -0.3 is 5.11 Å². The Morgan fingerprint density at radius 3 is 2.36 bits per heavy atom. The lowest BCUT2D eigenvalue weighted by molar-refractivity contribution is -0.124. The lowest BCUT2D eigenvalue weighted by atomic mass is 9.77. The molecule has 1 atom stereocenters. The van der Waals surface area contributed by atoms with Crippen LogP contribution >= 0.6 is 0 Å². The van der Waals surface area contributed by atoms with Gasteiger partial charge in [0.05, 0.1) is 5.60 Å². The first kappa shape index (κ1) is 11.7. The van der Waals surface area contributed by atoms with Crippen molar-refractivity contribution in [1.82, 2.24) is 0 Å². The van der Waals surface area contributed by atoms with Crippen molar-refractivity contribution < 1.29 is 9.90 Å². The number of aliphatic hydroxyl groups is 1. The minimum Gasteiger partial charge on any atom is -0.390 e. The van der Waals surface area contributed by atoms with Gasteiger partial charge in [-0.25, -0.2) is 0 Å². The fourth-order valence-corrected chi connectivity index (χ4v) is 2.45. The number of rotatable bonds is 4. The number of carbonyl (C=O) groups is 1. The smallest absolute Gasteiger partial charge is 0.133 e. The molecule has 1 unspecified atom stereocenters. The van der Waals surface area contributed by atoms with E-state index in [1.807, 2.05) is 6.92 Å². The van der Waals surface area contributed by atoms with Crippen LogP contribution in [0, 0.1) is 5.92 Å². The lowest BCUT2D eigenvalue weighted by Gasteiger charge is -2.34. The van der Waals surface area contributed by atoms with Crippen molar-refractivity contribution in [1.29, 1.82) is 0 Å². The van der Waals surface area contributed by atoms with Gasteiger partial charge in [0.1, 0.15) is 5.78 Å². The van der Waals surface area contributed by atoms with E-state index in [2.05, 4.69) is 0 Å². The van der Waals surface area contributed by atoms with Crippen LogP contribution in [0.5, 0.6) is 0 Å². The molecule has 1 aliphatic carbocycles. The third kappa shape index (κ3) is 3.09. The second-order valence-corrected chi connectivity index (χ2v) is 4.70. The van der Waals surface area contributed by atoms with Crippen LogP contribution in [0.2, 0.25) is 0 Å². The molecule has 0 aromatic heterocycles. The normalized spacial score (nSPS) is 23.1. The standard InChI is InChI=1S/C12H22O2/c1-3-11(10(2)13)9-12(14)7-5-4-6-8-12/h11,14H,3-9H2,1-2H3. The van der Waals surface area contributed by atoms with E-state index in [4.69, 9.17) is 0 Å². The molecule has 0 aromatic carbocycles. The molecule has 0 spiro atoms. The molecular formula is C12H22O2. The van der Waals surface area contributed by atoms with Crippen LogP contribution in [0.25, 0.3) is 0 Å². The van der Waals surface area contributed by atoms with Crippen molar-refractivity contribution in [3.63, 3.8) is 0 Å². The Hall–Kier alpha value is -0.370. The summed E-state index contributed by atoms with van der Waals surface area (Å²) in [6.45, 7) is 3.67. The molecule has 14 heavy (non-hydrogen) atoms. The van der Waals surface area contributed by atoms with Gasteiger partial charge in [0.25, 0.3) is 0 Å². The Labute approximate surface area is 86.7 Å². The van der Waals surface area contributed by atoms with E-state index in [1.165, 1.54) is 6.42 Å². The highest BCUT2D eigenvalue weighted by Crippen LogP contribution is 2.34. The fourth-order valence-electron chi connectivity index (χ4n) is 2.45. The Morgan fingerprint density at radius 1 is 1.36 bits per heavy atom. The average Bonchev–Trinajstić information content (AvgIpc) is 2.15. The van der Waals surface area contributed by atoms with Gasteiger partial charge >= 0.3 is 0 Å². The molecule has 2 heteroatoms. The molecule has 0 bridgehead atoms. The molecular weight excluding hydrogens is 176 g/mol. The van der Waals surface area contributed by atoms with Gasteiger partial charge in [-0.05, 0) is 32.6 Å². The largest absolute Gasteiger partial charge is 0.390 e. The van der Waals surface area contributed by atoms with Crippen molar-refractivity contribution >= 4 is 5.78 Å². The second kappa shape index (κ2) is 4.92. The topological polar surface area (TPSA) is 37.3 Å². The van der Waals surface area contributed by atoms with E-state index in [1.54, 1.807) is 6.92 Å². The first-order valence-electron chi connectivity index (χ1n) is 5.80. The zero-order chi connectivity index (χ0) is 10.6. The van der Waals surface area contributed by atoms with E-state index >= 15 is 0 Å². The van der Waals surface area contributed by atoms with Crippen LogP contribution in [-0.4, -0.2) is 16.5 Å². The van der Waals surface area contributed by atoms with Crippen LogP contribution in [0.4, 0.5) is 0 Å². The minimum atomic E-state index is -0.537. The monoisotopic (exact) mass is 198 g/mol. The van der Waals surface area contributed by atoms with Crippen molar-refractivity contribution in [2.75, 3.05) is 0 Å². The van der Waals surface area contributed by atoms with E-state index in [9.17, 15) is 9.90 Å². The maximum absolute atomic E-state index is 11.3. The maximum atomic E-state index is 11.3. The van der Waals surface area contributed by atoms with E-state index in [-0.39, 0.29) is 11.7 Å². The molecule has 0 aromatic rings. The summed E-state index contributed by atoms with van der Waals surface area (Å²) < 4.78 is 0. The molecule has 1 fully saturated rings. The molecule has 0 heterocycles. The van der Waals surface area contributed by atoms with Gasteiger partial charge in [-0.2, -0.15) is 0 Å². The molecule has 1 N–H and O–H groups in total. The summed E-state index contributed by atoms with van der Waals surface area (Å²) in [4.78, 5) is 11.3. The van der Waals surface area contributed by atoms with Gasteiger partial charge in [-0.15, -0.1) is 0 Å². The van der Waals surface area contributed by atoms with Crippen molar-refractivity contribution in [3.05, 3.63) is 0 Å². The predicted molar refractivity (Wildman–Crippen MR) is 57.1 cm³/mol. The molecule has 1 aliphatic rings. The Kier molecular flexibility index (Phi) is 4.11. The SMILES string of the molecule is CCC(CC1(O)CCCCC1)C(C)=O. The summed E-state index contributed by atoms with van der Waals surface area (Å²) >= 11 is 0. The van der Waals surface area contributed by atoms with Gasteiger partial charge in [0.2, 0.25) is 0 Å². The second-order valence-electron chi connectivity index (χ2n) is 4.70. The molecule has 1 saturated carbocycles. The number of hydrogen-bond acceptors (Lipinski definition) is 2. The van der Waals surface area contributed by atoms with Crippen LogP contribution in [0.1, 0.15) is 58.8 Å². The predicted octanol–water partition coefficient (Wildman–Crippen LogP) is 2.69. The third-order valence-corrected chi connectivity index (χ3v) is 3.48. The fraction of sp³-hybridized carbons (Fsp3) is 0.917. The summed E-state index contributed by atoms with van der Waals surface area (Å²) in [6, 6.07) is 0. The number of Topliss-reactive ketones (excluding diaryl/α,β-unsaturated/α-hetero) is 1. The van der Waals surface area contributed by atoms with Crippen LogP contribution in [0.3, 0.4) is 0 Å². The highest BCUT2D eigenvalue weighted by Gasteiger charge is 2.32. The zero-order valence-electron chi connectivity index (χ0n) is 9.38. The maximum Gasteiger partial charge on any atom is 0.133 e. The Balaban J connectivity index is 2.50. The molecule has 0 aliphatic heterocycles. The molecule has 1 rings (SSSR count). The van der Waals surface area contributed by atoms with E-state index < -0.39 is 5.60 Å². The summed E-state index contributed by atoms with van der Waals surface area (Å²) in [5.74, 6) is 0.296. The van der Waals surface area contributed by atoms with Gasteiger partial charge in [0.15, 0.2) is 0 Å². The Bertz CT molecular complexity index is 192. The van der Waals surface area contributed by atoms with E-state index in [0.717, 1.165) is 32.1 Å². The first-order valence-corrected chi connectivity index (χ1v) is 5.80. The quantitative estimate of drug-likeness (QED) is 0.754. The summed E-state index contributed by atoms with van der Waals surface area (Å²) in [6.07, 6.45) is 6.78. The zero-order valence-corrected chi connectivity index (χ0v) is 9.38.